The van der Waals surface area contributed by atoms with Crippen molar-refractivity contribution in [1.29, 1.82) is 0 Å². The molecule has 0 aliphatic heterocycles. The molecule has 0 rings (SSSR count). The fourth-order valence-corrected chi connectivity index (χ4v) is 0.837. The van der Waals surface area contributed by atoms with E-state index >= 15 is 0 Å². The zero-order chi connectivity index (χ0) is 10.3. The van der Waals surface area contributed by atoms with Crippen LogP contribution in [0.2, 0.25) is 0 Å². The van der Waals surface area contributed by atoms with Gasteiger partial charge in [-0.15, -0.1) is 0 Å². The van der Waals surface area contributed by atoms with Crippen molar-refractivity contribution < 1.29 is 19.4 Å². The first-order valence-corrected chi connectivity index (χ1v) is 4.31. The maximum absolute atomic E-state index is 10.9. The molecule has 0 heterocycles. The molecule has 0 saturated heterocycles. The van der Waals surface area contributed by atoms with E-state index in [0.717, 1.165) is 0 Å². The smallest absolute Gasteiger partial charge is 0.160 e. The monoisotopic (exact) mass is 190 g/mol. The summed E-state index contributed by atoms with van der Waals surface area (Å²) in [6.07, 6.45) is 1.07. The minimum atomic E-state index is -1.21. The van der Waals surface area contributed by atoms with E-state index in [1.807, 2.05) is 0 Å². The Morgan fingerprint density at radius 1 is 1.54 bits per heavy atom. The average molecular weight is 190 g/mol. The highest BCUT2D eigenvalue weighted by Gasteiger charge is 2.25. The quantitative estimate of drug-likeness (QED) is 0.475. The zero-order valence-electron chi connectivity index (χ0n) is 8.50. The Morgan fingerprint density at radius 3 is 2.62 bits per heavy atom. The lowest BCUT2D eigenvalue weighted by Crippen LogP contribution is -2.33. The van der Waals surface area contributed by atoms with E-state index in [1.165, 1.54) is 13.8 Å². The standard InChI is InChI=1S/C9H18O4/c1-8(10)9(2,11)5-4-6-13-7-12-3/h11H,4-7H2,1-3H3. The molecular weight excluding hydrogens is 172 g/mol. The van der Waals surface area contributed by atoms with Crippen LogP contribution in [-0.4, -0.2) is 37.0 Å². The molecule has 1 N–H and O–H groups in total. The van der Waals surface area contributed by atoms with Gasteiger partial charge < -0.3 is 14.6 Å². The molecule has 0 saturated carbocycles. The molecule has 0 aromatic rings. The van der Waals surface area contributed by atoms with Crippen LogP contribution in [0.25, 0.3) is 0 Å². The summed E-state index contributed by atoms with van der Waals surface area (Å²) in [5.41, 5.74) is -1.21. The average Bonchev–Trinajstić information content (AvgIpc) is 2.03. The Kier molecular flexibility index (Phi) is 5.86. The number of ether oxygens (including phenoxy) is 2. The number of rotatable bonds is 7. The van der Waals surface area contributed by atoms with E-state index in [2.05, 4.69) is 4.74 Å². The first kappa shape index (κ1) is 12.6. The first-order valence-electron chi connectivity index (χ1n) is 4.31. The van der Waals surface area contributed by atoms with Crippen LogP contribution in [0.5, 0.6) is 0 Å². The van der Waals surface area contributed by atoms with Crippen LogP contribution in [0.4, 0.5) is 0 Å². The molecule has 13 heavy (non-hydrogen) atoms. The fourth-order valence-electron chi connectivity index (χ4n) is 0.837. The van der Waals surface area contributed by atoms with Crippen molar-refractivity contribution in [2.75, 3.05) is 20.5 Å². The van der Waals surface area contributed by atoms with Gasteiger partial charge in [-0.1, -0.05) is 0 Å². The number of aliphatic hydroxyl groups is 1. The topological polar surface area (TPSA) is 55.8 Å². The maximum Gasteiger partial charge on any atom is 0.160 e. The predicted octanol–water partition coefficient (Wildman–Crippen LogP) is 0.727. The van der Waals surface area contributed by atoms with Gasteiger partial charge in [0.2, 0.25) is 0 Å². The van der Waals surface area contributed by atoms with Gasteiger partial charge >= 0.3 is 0 Å². The van der Waals surface area contributed by atoms with Gasteiger partial charge in [0.25, 0.3) is 0 Å². The van der Waals surface area contributed by atoms with Crippen molar-refractivity contribution in [3.63, 3.8) is 0 Å². The van der Waals surface area contributed by atoms with Crippen LogP contribution >= 0.6 is 0 Å². The SMILES string of the molecule is COCOCCCC(C)(O)C(C)=O. The third-order valence-corrected chi connectivity index (χ3v) is 1.91. The predicted molar refractivity (Wildman–Crippen MR) is 48.4 cm³/mol. The highest BCUT2D eigenvalue weighted by Crippen LogP contribution is 2.12. The summed E-state index contributed by atoms with van der Waals surface area (Å²) >= 11 is 0. The van der Waals surface area contributed by atoms with Gasteiger partial charge in [-0.05, 0) is 26.7 Å². The zero-order valence-corrected chi connectivity index (χ0v) is 8.50. The summed E-state index contributed by atoms with van der Waals surface area (Å²) in [5.74, 6) is -0.209. The number of carbonyl (C=O) groups is 1. The summed E-state index contributed by atoms with van der Waals surface area (Å²) in [4.78, 5) is 10.9. The van der Waals surface area contributed by atoms with Crippen LogP contribution in [0.3, 0.4) is 0 Å². The van der Waals surface area contributed by atoms with Crippen molar-refractivity contribution >= 4 is 5.78 Å². The highest BCUT2D eigenvalue weighted by atomic mass is 16.7. The normalized spacial score (nSPS) is 15.4. The minimum Gasteiger partial charge on any atom is -0.382 e. The van der Waals surface area contributed by atoms with Crippen molar-refractivity contribution in [3.05, 3.63) is 0 Å². The molecule has 1 unspecified atom stereocenters. The third kappa shape index (κ3) is 5.74. The number of hydrogen-bond acceptors (Lipinski definition) is 4. The second-order valence-corrected chi connectivity index (χ2v) is 3.25. The van der Waals surface area contributed by atoms with Gasteiger partial charge in [-0.3, -0.25) is 4.79 Å². The van der Waals surface area contributed by atoms with Crippen LogP contribution < -0.4 is 0 Å². The molecule has 0 aromatic heterocycles. The lowest BCUT2D eigenvalue weighted by molar-refractivity contribution is -0.134. The second kappa shape index (κ2) is 6.07. The van der Waals surface area contributed by atoms with E-state index in [-0.39, 0.29) is 12.6 Å². The van der Waals surface area contributed by atoms with Crippen LogP contribution in [-0.2, 0) is 14.3 Å². The van der Waals surface area contributed by atoms with Crippen LogP contribution in [0.15, 0.2) is 0 Å². The molecule has 1 atom stereocenters. The summed E-state index contributed by atoms with van der Waals surface area (Å²) in [6, 6.07) is 0. The number of hydrogen-bond donors (Lipinski definition) is 1. The van der Waals surface area contributed by atoms with Crippen molar-refractivity contribution in [3.8, 4) is 0 Å². The van der Waals surface area contributed by atoms with Crippen molar-refractivity contribution in [2.24, 2.45) is 0 Å². The molecule has 0 bridgehead atoms. The Hall–Kier alpha value is -0.450. The highest BCUT2D eigenvalue weighted by molar-refractivity contribution is 5.84. The van der Waals surface area contributed by atoms with Crippen LogP contribution in [0, 0.1) is 0 Å². The Morgan fingerprint density at radius 2 is 2.15 bits per heavy atom. The molecule has 0 amide bonds. The Bertz CT molecular complexity index is 154. The van der Waals surface area contributed by atoms with Crippen LogP contribution in [0.1, 0.15) is 26.7 Å². The maximum atomic E-state index is 10.9. The molecular formula is C9H18O4. The van der Waals surface area contributed by atoms with Crippen molar-refractivity contribution in [1.82, 2.24) is 0 Å². The van der Waals surface area contributed by atoms with Gasteiger partial charge in [0.05, 0.1) is 0 Å². The molecule has 0 aliphatic rings. The van der Waals surface area contributed by atoms with Gasteiger partial charge in [0.1, 0.15) is 12.4 Å². The summed E-state index contributed by atoms with van der Waals surface area (Å²) in [7, 11) is 1.55. The summed E-state index contributed by atoms with van der Waals surface area (Å²) < 4.78 is 9.68. The number of Topliss-reactive ketones (excluding diaryl/α,β-unsaturated/α-hetero) is 1. The largest absolute Gasteiger partial charge is 0.382 e. The molecule has 0 spiro atoms. The van der Waals surface area contributed by atoms with E-state index in [0.29, 0.717) is 19.4 Å². The molecule has 4 heteroatoms. The minimum absolute atomic E-state index is 0.209. The van der Waals surface area contributed by atoms with Gasteiger partial charge in [0, 0.05) is 13.7 Å². The molecule has 78 valence electrons. The molecule has 0 radical (unpaired) electrons. The summed E-state index contributed by atoms with van der Waals surface area (Å²) in [5, 5.41) is 9.51. The first-order chi connectivity index (χ1) is 6.00. The number of carbonyl (C=O) groups excluding carboxylic acids is 1. The van der Waals surface area contributed by atoms with Gasteiger partial charge in [-0.2, -0.15) is 0 Å². The molecule has 0 fully saturated rings. The Balaban J connectivity index is 3.46. The molecule has 4 nitrogen and oxygen atoms in total. The Labute approximate surface area is 78.8 Å². The molecule has 0 aliphatic carbocycles. The van der Waals surface area contributed by atoms with E-state index < -0.39 is 5.60 Å². The van der Waals surface area contributed by atoms with E-state index in [4.69, 9.17) is 4.74 Å². The lowest BCUT2D eigenvalue weighted by atomic mass is 9.96. The van der Waals surface area contributed by atoms with Crippen molar-refractivity contribution in [2.45, 2.75) is 32.3 Å². The van der Waals surface area contributed by atoms with E-state index in [9.17, 15) is 9.90 Å². The molecule has 0 aromatic carbocycles. The second-order valence-electron chi connectivity index (χ2n) is 3.25. The number of ketones is 1. The number of methoxy groups -OCH3 is 1. The van der Waals surface area contributed by atoms with E-state index in [1.54, 1.807) is 7.11 Å². The fraction of sp³-hybridized carbons (Fsp3) is 0.889. The lowest BCUT2D eigenvalue weighted by Gasteiger charge is -2.19. The van der Waals surface area contributed by atoms with Gasteiger partial charge in [0.15, 0.2) is 5.78 Å². The summed E-state index contributed by atoms with van der Waals surface area (Å²) in [6.45, 7) is 3.65. The third-order valence-electron chi connectivity index (χ3n) is 1.91. The van der Waals surface area contributed by atoms with Gasteiger partial charge in [-0.25, -0.2) is 0 Å².